The quantitative estimate of drug-likeness (QED) is 0.658. The van der Waals surface area contributed by atoms with Crippen LogP contribution in [0.2, 0.25) is 0 Å². The molecule has 0 atom stereocenters. The number of carbonyl (C=O) groups excluding carboxylic acids is 1. The lowest BCUT2D eigenvalue weighted by Gasteiger charge is -2.22. The summed E-state index contributed by atoms with van der Waals surface area (Å²) < 4.78 is 0. The molecular weight excluding hydrogens is 274 g/mol. The Morgan fingerprint density at radius 2 is 1.82 bits per heavy atom. The van der Waals surface area contributed by atoms with Crippen molar-refractivity contribution in [3.05, 3.63) is 41.1 Å². The van der Waals surface area contributed by atoms with Crippen molar-refractivity contribution in [3.8, 4) is 6.07 Å². The van der Waals surface area contributed by atoms with Gasteiger partial charge >= 0.3 is 0 Å². The van der Waals surface area contributed by atoms with Crippen molar-refractivity contribution in [3.63, 3.8) is 0 Å². The molecule has 4 heteroatoms. The fourth-order valence-electron chi connectivity index (χ4n) is 2.73. The van der Waals surface area contributed by atoms with E-state index in [4.69, 9.17) is 0 Å². The minimum absolute atomic E-state index is 0.158. The van der Waals surface area contributed by atoms with Gasteiger partial charge in [0.25, 0.3) is 5.91 Å². The number of aryl methyl sites for hydroxylation is 1. The van der Waals surface area contributed by atoms with Crippen LogP contribution in [-0.2, 0) is 4.79 Å². The molecule has 1 amide bonds. The maximum absolute atomic E-state index is 12.3. The monoisotopic (exact) mass is 297 g/mol. The van der Waals surface area contributed by atoms with Crippen LogP contribution in [0.3, 0.4) is 0 Å². The van der Waals surface area contributed by atoms with Gasteiger partial charge in [-0.15, -0.1) is 0 Å². The van der Waals surface area contributed by atoms with Crippen LogP contribution in [0.1, 0.15) is 44.6 Å². The van der Waals surface area contributed by atoms with Crippen molar-refractivity contribution < 1.29 is 4.79 Å². The second-order valence-corrected chi connectivity index (χ2v) is 5.91. The van der Waals surface area contributed by atoms with Crippen molar-refractivity contribution in [2.45, 2.75) is 52.0 Å². The first-order valence-electron chi connectivity index (χ1n) is 7.85. The molecule has 0 radical (unpaired) electrons. The summed E-state index contributed by atoms with van der Waals surface area (Å²) in [7, 11) is 0. The molecule has 0 spiro atoms. The smallest absolute Gasteiger partial charge is 0.263 e. The predicted molar refractivity (Wildman–Crippen MR) is 88.1 cm³/mol. The maximum atomic E-state index is 12.3. The van der Waals surface area contributed by atoms with Crippen LogP contribution >= 0.6 is 0 Å². The van der Waals surface area contributed by atoms with Crippen molar-refractivity contribution in [1.82, 2.24) is 5.32 Å². The summed E-state index contributed by atoms with van der Waals surface area (Å²) in [4.78, 5) is 12.3. The fourth-order valence-corrected chi connectivity index (χ4v) is 2.73. The van der Waals surface area contributed by atoms with Crippen LogP contribution in [0.4, 0.5) is 5.69 Å². The Morgan fingerprint density at radius 3 is 2.41 bits per heavy atom. The standard InChI is InChI=1S/C18H23N3O/c1-13-8-10-16(11-9-13)20-14(2)17(12-19)18(22)21-15-6-4-3-5-7-15/h8-11,15,20H,3-7H2,1-2H3,(H,21,22)/b17-14+. The van der Waals surface area contributed by atoms with E-state index in [1.54, 1.807) is 6.92 Å². The minimum atomic E-state index is -0.272. The van der Waals surface area contributed by atoms with Gasteiger partial charge < -0.3 is 10.6 Å². The van der Waals surface area contributed by atoms with E-state index < -0.39 is 0 Å². The molecule has 1 saturated carbocycles. The van der Waals surface area contributed by atoms with E-state index in [9.17, 15) is 10.1 Å². The highest BCUT2D eigenvalue weighted by Gasteiger charge is 2.19. The molecule has 1 fully saturated rings. The third-order valence-electron chi connectivity index (χ3n) is 4.04. The molecule has 0 saturated heterocycles. The van der Waals surface area contributed by atoms with Crippen molar-refractivity contribution in [2.75, 3.05) is 5.32 Å². The summed E-state index contributed by atoms with van der Waals surface area (Å²) in [5.74, 6) is -0.272. The van der Waals surface area contributed by atoms with E-state index in [-0.39, 0.29) is 17.5 Å². The van der Waals surface area contributed by atoms with Crippen molar-refractivity contribution in [1.29, 1.82) is 5.26 Å². The first-order chi connectivity index (χ1) is 10.6. The molecule has 1 aromatic carbocycles. The number of hydrogen-bond donors (Lipinski definition) is 2. The van der Waals surface area contributed by atoms with E-state index in [1.165, 1.54) is 12.0 Å². The van der Waals surface area contributed by atoms with Gasteiger partial charge in [-0.25, -0.2) is 0 Å². The Bertz CT molecular complexity index is 590. The van der Waals surface area contributed by atoms with Gasteiger partial charge in [-0.05, 0) is 38.8 Å². The topological polar surface area (TPSA) is 64.9 Å². The molecule has 2 rings (SSSR count). The third kappa shape index (κ3) is 4.36. The lowest BCUT2D eigenvalue weighted by molar-refractivity contribution is -0.118. The fraction of sp³-hybridized carbons (Fsp3) is 0.444. The zero-order valence-electron chi connectivity index (χ0n) is 13.3. The van der Waals surface area contributed by atoms with Gasteiger partial charge in [-0.2, -0.15) is 5.26 Å². The van der Waals surface area contributed by atoms with E-state index in [2.05, 4.69) is 10.6 Å². The molecule has 0 aromatic heterocycles. The largest absolute Gasteiger partial charge is 0.358 e. The zero-order chi connectivity index (χ0) is 15.9. The average molecular weight is 297 g/mol. The zero-order valence-corrected chi connectivity index (χ0v) is 13.3. The van der Waals surface area contributed by atoms with Crippen molar-refractivity contribution >= 4 is 11.6 Å². The van der Waals surface area contributed by atoms with E-state index in [0.717, 1.165) is 31.4 Å². The highest BCUT2D eigenvalue weighted by atomic mass is 16.1. The third-order valence-corrected chi connectivity index (χ3v) is 4.04. The molecule has 0 heterocycles. The van der Waals surface area contributed by atoms with E-state index in [0.29, 0.717) is 5.70 Å². The predicted octanol–water partition coefficient (Wildman–Crippen LogP) is 3.65. The molecule has 2 N–H and O–H groups in total. The molecule has 1 aliphatic carbocycles. The summed E-state index contributed by atoms with van der Waals surface area (Å²) in [6.07, 6.45) is 5.55. The summed E-state index contributed by atoms with van der Waals surface area (Å²) >= 11 is 0. The number of nitrogens with one attached hydrogen (secondary N) is 2. The normalized spacial score (nSPS) is 16.4. The highest BCUT2D eigenvalue weighted by Crippen LogP contribution is 2.18. The number of amides is 1. The minimum Gasteiger partial charge on any atom is -0.358 e. The van der Waals surface area contributed by atoms with E-state index >= 15 is 0 Å². The van der Waals surface area contributed by atoms with Crippen LogP contribution in [0.5, 0.6) is 0 Å². The Labute approximate surface area is 132 Å². The molecule has 116 valence electrons. The second-order valence-electron chi connectivity index (χ2n) is 5.91. The Kier molecular flexibility index (Phi) is 5.60. The van der Waals surface area contributed by atoms with Gasteiger partial charge in [0.15, 0.2) is 0 Å². The SMILES string of the molecule is C/C(Nc1ccc(C)cc1)=C(/C#N)C(=O)NC1CCCCC1. The molecule has 0 aliphatic heterocycles. The Hall–Kier alpha value is -2.28. The number of anilines is 1. The van der Waals surface area contributed by atoms with E-state index in [1.807, 2.05) is 37.3 Å². The van der Waals surface area contributed by atoms with Gasteiger partial charge in [-0.3, -0.25) is 4.79 Å². The molecule has 0 bridgehead atoms. The second kappa shape index (κ2) is 7.65. The first-order valence-corrected chi connectivity index (χ1v) is 7.85. The highest BCUT2D eigenvalue weighted by molar-refractivity contribution is 5.98. The van der Waals surface area contributed by atoms with Crippen molar-refractivity contribution in [2.24, 2.45) is 0 Å². The summed E-state index contributed by atoms with van der Waals surface area (Å²) in [6, 6.07) is 10.1. The van der Waals surface area contributed by atoms with Gasteiger partial charge in [0.05, 0.1) is 0 Å². The molecular formula is C18H23N3O. The number of nitriles is 1. The van der Waals surface area contributed by atoms with Gasteiger partial charge in [0.1, 0.15) is 11.6 Å². The Balaban J connectivity index is 2.05. The van der Waals surface area contributed by atoms with Gasteiger partial charge in [0, 0.05) is 17.4 Å². The summed E-state index contributed by atoms with van der Waals surface area (Å²) in [5, 5.41) is 15.4. The molecule has 1 aliphatic rings. The summed E-state index contributed by atoms with van der Waals surface area (Å²) in [6.45, 7) is 3.78. The lowest BCUT2D eigenvalue weighted by Crippen LogP contribution is -2.37. The number of carbonyl (C=O) groups is 1. The van der Waals surface area contributed by atoms with Crippen LogP contribution in [-0.4, -0.2) is 11.9 Å². The average Bonchev–Trinajstić information content (AvgIpc) is 2.51. The van der Waals surface area contributed by atoms with Gasteiger partial charge in [0.2, 0.25) is 0 Å². The Morgan fingerprint density at radius 1 is 1.18 bits per heavy atom. The molecule has 22 heavy (non-hydrogen) atoms. The van der Waals surface area contributed by atoms with Crippen LogP contribution in [0, 0.1) is 18.3 Å². The molecule has 4 nitrogen and oxygen atoms in total. The number of hydrogen-bond acceptors (Lipinski definition) is 3. The number of benzene rings is 1. The first kappa shape index (κ1) is 16.1. The number of rotatable bonds is 4. The van der Waals surface area contributed by atoms with Crippen LogP contribution in [0.25, 0.3) is 0 Å². The van der Waals surface area contributed by atoms with Crippen LogP contribution in [0.15, 0.2) is 35.5 Å². The lowest BCUT2D eigenvalue weighted by atomic mass is 9.95. The molecule has 0 unspecified atom stereocenters. The number of nitrogens with zero attached hydrogens (tertiary/aromatic N) is 1. The maximum Gasteiger partial charge on any atom is 0.263 e. The van der Waals surface area contributed by atoms with Gasteiger partial charge in [-0.1, -0.05) is 37.0 Å². The molecule has 1 aromatic rings. The summed E-state index contributed by atoms with van der Waals surface area (Å²) in [5.41, 5.74) is 2.79. The van der Waals surface area contributed by atoms with Crippen LogP contribution < -0.4 is 10.6 Å². The number of allylic oxidation sites excluding steroid dienone is 1.